The second-order valence-corrected chi connectivity index (χ2v) is 5.62. The minimum absolute atomic E-state index is 0. The van der Waals surface area contributed by atoms with Crippen LogP contribution in [0.5, 0.6) is 0 Å². The van der Waals surface area contributed by atoms with E-state index in [1.165, 1.54) is 32.1 Å². The van der Waals surface area contributed by atoms with E-state index < -0.39 is 0 Å². The normalized spacial score (nSPS) is 17.9. The van der Waals surface area contributed by atoms with Crippen molar-refractivity contribution in [2.45, 2.75) is 65.0 Å². The Labute approximate surface area is 142 Å². The molecule has 4 nitrogen and oxygen atoms in total. The lowest BCUT2D eigenvalue weighted by Gasteiger charge is -2.23. The van der Waals surface area contributed by atoms with Crippen molar-refractivity contribution in [3.8, 4) is 0 Å². The molecule has 2 N–H and O–H groups in total. The summed E-state index contributed by atoms with van der Waals surface area (Å²) in [6.07, 6.45) is 6.48. The minimum Gasteiger partial charge on any atom is -0.357 e. The van der Waals surface area contributed by atoms with Gasteiger partial charge in [-0.25, -0.2) is 0 Å². The molecule has 0 spiro atoms. The molecule has 5 heteroatoms. The van der Waals surface area contributed by atoms with Gasteiger partial charge in [0.05, 0.1) is 6.54 Å². The van der Waals surface area contributed by atoms with Crippen LogP contribution in [0.2, 0.25) is 0 Å². The molecule has 0 aliphatic heterocycles. The minimum atomic E-state index is 0. The average molecular weight is 396 g/mol. The van der Waals surface area contributed by atoms with E-state index in [1.807, 2.05) is 0 Å². The molecular weight excluding hydrogens is 363 g/mol. The first-order valence-electron chi connectivity index (χ1n) is 7.92. The Hall–Kier alpha value is -0.0400. The van der Waals surface area contributed by atoms with Crippen LogP contribution in [-0.2, 0) is 0 Å². The fraction of sp³-hybridized carbons (Fsp3) is 0.933. The van der Waals surface area contributed by atoms with Crippen LogP contribution in [0, 0.1) is 0 Å². The SMILES string of the molecule is CCNC(=NCCN(C)C(C)CC)NC1CCCC1.I. The summed E-state index contributed by atoms with van der Waals surface area (Å²) in [4.78, 5) is 7.06. The van der Waals surface area contributed by atoms with Crippen LogP contribution in [0.4, 0.5) is 0 Å². The largest absolute Gasteiger partial charge is 0.357 e. The van der Waals surface area contributed by atoms with Gasteiger partial charge in [-0.3, -0.25) is 4.99 Å². The molecule has 1 atom stereocenters. The van der Waals surface area contributed by atoms with E-state index in [0.717, 1.165) is 25.6 Å². The van der Waals surface area contributed by atoms with Crippen molar-refractivity contribution in [2.75, 3.05) is 26.7 Å². The van der Waals surface area contributed by atoms with Gasteiger partial charge in [0.25, 0.3) is 0 Å². The smallest absolute Gasteiger partial charge is 0.191 e. The number of nitrogens with one attached hydrogen (secondary N) is 2. The highest BCUT2D eigenvalue weighted by Gasteiger charge is 2.15. The number of hydrogen-bond donors (Lipinski definition) is 2. The van der Waals surface area contributed by atoms with E-state index in [0.29, 0.717) is 12.1 Å². The molecule has 0 aromatic rings. The van der Waals surface area contributed by atoms with Crippen LogP contribution in [0.3, 0.4) is 0 Å². The molecule has 0 aromatic carbocycles. The first kappa shape index (κ1) is 20.0. The number of aliphatic imine (C=N–C) groups is 1. The standard InChI is InChI=1S/C15H32N4.HI/c1-5-13(3)19(4)12-11-17-15(16-6-2)18-14-9-7-8-10-14;/h13-14H,5-12H2,1-4H3,(H2,16,17,18);1H. The van der Waals surface area contributed by atoms with Gasteiger partial charge in [-0.05, 0) is 40.2 Å². The molecule has 0 aromatic heterocycles. The van der Waals surface area contributed by atoms with Crippen molar-refractivity contribution in [1.29, 1.82) is 0 Å². The fourth-order valence-electron chi connectivity index (χ4n) is 2.44. The Morgan fingerprint density at radius 2 is 1.95 bits per heavy atom. The van der Waals surface area contributed by atoms with Gasteiger partial charge in [0.2, 0.25) is 0 Å². The van der Waals surface area contributed by atoms with Crippen molar-refractivity contribution in [3.05, 3.63) is 0 Å². The molecule has 1 aliphatic carbocycles. The molecule has 1 fully saturated rings. The third kappa shape index (κ3) is 7.67. The van der Waals surface area contributed by atoms with E-state index >= 15 is 0 Å². The van der Waals surface area contributed by atoms with Crippen LogP contribution in [0.15, 0.2) is 4.99 Å². The monoisotopic (exact) mass is 396 g/mol. The summed E-state index contributed by atoms with van der Waals surface area (Å²) in [5, 5.41) is 6.90. The predicted molar refractivity (Wildman–Crippen MR) is 99.2 cm³/mol. The van der Waals surface area contributed by atoms with Crippen LogP contribution in [-0.4, -0.2) is 49.6 Å². The summed E-state index contributed by atoms with van der Waals surface area (Å²) in [6, 6.07) is 1.27. The molecule has 0 heterocycles. The Morgan fingerprint density at radius 3 is 2.50 bits per heavy atom. The van der Waals surface area contributed by atoms with Gasteiger partial charge in [0.15, 0.2) is 5.96 Å². The predicted octanol–water partition coefficient (Wildman–Crippen LogP) is 2.83. The molecule has 0 saturated heterocycles. The molecule has 0 amide bonds. The Bertz CT molecular complexity index is 265. The third-order valence-electron chi connectivity index (χ3n) is 4.11. The molecular formula is C15H33IN4. The van der Waals surface area contributed by atoms with E-state index in [-0.39, 0.29) is 24.0 Å². The second-order valence-electron chi connectivity index (χ2n) is 5.62. The lowest BCUT2D eigenvalue weighted by Crippen LogP contribution is -2.42. The maximum Gasteiger partial charge on any atom is 0.191 e. The number of halogens is 1. The summed E-state index contributed by atoms with van der Waals surface area (Å²) in [6.45, 7) is 9.44. The number of likely N-dealkylation sites (N-methyl/N-ethyl adjacent to an activating group) is 1. The lowest BCUT2D eigenvalue weighted by atomic mass is 10.2. The van der Waals surface area contributed by atoms with Crippen LogP contribution < -0.4 is 10.6 Å². The topological polar surface area (TPSA) is 39.7 Å². The Balaban J connectivity index is 0.00000361. The first-order chi connectivity index (χ1) is 9.17. The van der Waals surface area contributed by atoms with E-state index in [2.05, 4.69) is 48.3 Å². The van der Waals surface area contributed by atoms with Crippen molar-refractivity contribution < 1.29 is 0 Å². The van der Waals surface area contributed by atoms with E-state index in [4.69, 9.17) is 0 Å². The zero-order valence-electron chi connectivity index (χ0n) is 13.6. The number of rotatable bonds is 7. The van der Waals surface area contributed by atoms with Crippen molar-refractivity contribution in [1.82, 2.24) is 15.5 Å². The molecule has 1 aliphatic rings. The van der Waals surface area contributed by atoms with Gasteiger partial charge in [0, 0.05) is 25.2 Å². The quantitative estimate of drug-likeness (QED) is 0.395. The number of nitrogens with zero attached hydrogens (tertiary/aromatic N) is 2. The summed E-state index contributed by atoms with van der Waals surface area (Å²) in [5.41, 5.74) is 0. The maximum absolute atomic E-state index is 4.69. The van der Waals surface area contributed by atoms with Gasteiger partial charge < -0.3 is 15.5 Å². The van der Waals surface area contributed by atoms with Crippen LogP contribution in [0.1, 0.15) is 52.9 Å². The van der Waals surface area contributed by atoms with Crippen molar-refractivity contribution in [2.24, 2.45) is 4.99 Å². The molecule has 1 rings (SSSR count). The van der Waals surface area contributed by atoms with Gasteiger partial charge in [-0.1, -0.05) is 19.8 Å². The molecule has 0 radical (unpaired) electrons. The Morgan fingerprint density at radius 1 is 1.30 bits per heavy atom. The van der Waals surface area contributed by atoms with Gasteiger partial charge in [0.1, 0.15) is 0 Å². The second kappa shape index (κ2) is 11.6. The maximum atomic E-state index is 4.69. The Kier molecular flexibility index (Phi) is 11.6. The zero-order valence-corrected chi connectivity index (χ0v) is 15.9. The lowest BCUT2D eigenvalue weighted by molar-refractivity contribution is 0.259. The fourth-order valence-corrected chi connectivity index (χ4v) is 2.44. The first-order valence-corrected chi connectivity index (χ1v) is 7.92. The molecule has 1 unspecified atom stereocenters. The van der Waals surface area contributed by atoms with Gasteiger partial charge in [-0.2, -0.15) is 0 Å². The summed E-state index contributed by atoms with van der Waals surface area (Å²) >= 11 is 0. The van der Waals surface area contributed by atoms with E-state index in [1.54, 1.807) is 0 Å². The van der Waals surface area contributed by atoms with Crippen molar-refractivity contribution >= 4 is 29.9 Å². The highest BCUT2D eigenvalue weighted by atomic mass is 127. The summed E-state index contributed by atoms with van der Waals surface area (Å²) < 4.78 is 0. The summed E-state index contributed by atoms with van der Waals surface area (Å²) in [5.74, 6) is 0.993. The molecule has 1 saturated carbocycles. The zero-order chi connectivity index (χ0) is 14.1. The highest BCUT2D eigenvalue weighted by molar-refractivity contribution is 14.0. The van der Waals surface area contributed by atoms with Gasteiger partial charge in [-0.15, -0.1) is 24.0 Å². The van der Waals surface area contributed by atoms with Gasteiger partial charge >= 0.3 is 0 Å². The average Bonchev–Trinajstić information content (AvgIpc) is 2.90. The van der Waals surface area contributed by atoms with Crippen LogP contribution >= 0.6 is 24.0 Å². The third-order valence-corrected chi connectivity index (χ3v) is 4.11. The van der Waals surface area contributed by atoms with Crippen molar-refractivity contribution in [3.63, 3.8) is 0 Å². The molecule has 0 bridgehead atoms. The molecule has 120 valence electrons. The number of guanidine groups is 1. The number of hydrogen-bond acceptors (Lipinski definition) is 2. The highest BCUT2D eigenvalue weighted by Crippen LogP contribution is 2.17. The van der Waals surface area contributed by atoms with E-state index in [9.17, 15) is 0 Å². The summed E-state index contributed by atoms with van der Waals surface area (Å²) in [7, 11) is 2.18. The van der Waals surface area contributed by atoms with Crippen LogP contribution in [0.25, 0.3) is 0 Å². The molecule has 20 heavy (non-hydrogen) atoms.